The monoisotopic (exact) mass is 451 g/mol. The molecule has 0 aliphatic heterocycles. The van der Waals surface area contributed by atoms with Gasteiger partial charge in [-0.15, -0.1) is 0 Å². The maximum atomic E-state index is 12.5. The minimum atomic E-state index is -3.44. The molecule has 1 aromatic heterocycles. The van der Waals surface area contributed by atoms with Crippen molar-refractivity contribution in [2.24, 2.45) is 5.92 Å². The third kappa shape index (κ3) is 4.19. The minimum absolute atomic E-state index is 0.326. The van der Waals surface area contributed by atoms with Crippen LogP contribution in [0.4, 0.5) is 0 Å². The van der Waals surface area contributed by atoms with Gasteiger partial charge in [-0.05, 0) is 74.3 Å². The Bertz CT molecular complexity index is 1200. The average Bonchev–Trinajstić information content (AvgIpc) is 3.28. The predicted octanol–water partition coefficient (Wildman–Crippen LogP) is 4.44. The summed E-state index contributed by atoms with van der Waals surface area (Å²) < 4.78 is 33.2. The lowest BCUT2D eigenvalue weighted by Crippen LogP contribution is -2.31. The summed E-state index contributed by atoms with van der Waals surface area (Å²) in [7, 11) is -1.75. The molecule has 0 bridgehead atoms. The molecule has 0 atom stereocenters. The maximum absolute atomic E-state index is 12.5. The van der Waals surface area contributed by atoms with Crippen LogP contribution < -0.4 is 9.46 Å². The van der Waals surface area contributed by atoms with Gasteiger partial charge in [0.15, 0.2) is 0 Å². The number of sulfonamides is 1. The zero-order chi connectivity index (χ0) is 22.1. The Kier molecular flexibility index (Phi) is 5.78. The summed E-state index contributed by atoms with van der Waals surface area (Å²) in [5.41, 5.74) is 4.79. The smallest absolute Gasteiger partial charge is 0.240 e. The Labute approximate surface area is 189 Å². The van der Waals surface area contributed by atoms with Gasteiger partial charge < -0.3 is 9.72 Å². The summed E-state index contributed by atoms with van der Waals surface area (Å²) in [6.07, 6.45) is 6.04. The van der Waals surface area contributed by atoms with Crippen molar-refractivity contribution in [1.29, 1.82) is 0 Å². The van der Waals surface area contributed by atoms with Gasteiger partial charge >= 0.3 is 0 Å². The number of aromatic amines is 1. The van der Waals surface area contributed by atoms with E-state index in [-0.39, 0.29) is 0 Å². The van der Waals surface area contributed by atoms with Gasteiger partial charge in [0.2, 0.25) is 10.0 Å². The molecule has 0 spiro atoms. The van der Waals surface area contributed by atoms with Crippen molar-refractivity contribution in [3.63, 3.8) is 0 Å². The molecule has 1 fully saturated rings. The first-order chi connectivity index (χ1) is 15.5. The van der Waals surface area contributed by atoms with Gasteiger partial charge in [-0.1, -0.05) is 24.3 Å². The first-order valence-electron chi connectivity index (χ1n) is 11.3. The van der Waals surface area contributed by atoms with Crippen molar-refractivity contribution in [1.82, 2.24) is 14.7 Å². The number of nitrogens with zero attached hydrogens (tertiary/aromatic N) is 1. The molecule has 2 aliphatic rings. The van der Waals surface area contributed by atoms with Crippen molar-refractivity contribution in [2.45, 2.75) is 49.3 Å². The van der Waals surface area contributed by atoms with E-state index >= 15 is 0 Å². The van der Waals surface area contributed by atoms with E-state index in [1.54, 1.807) is 31.4 Å². The molecule has 0 radical (unpaired) electrons. The summed E-state index contributed by atoms with van der Waals surface area (Å²) in [5, 5.41) is 0. The second-order valence-electron chi connectivity index (χ2n) is 8.85. The molecule has 0 saturated heterocycles. The fraction of sp³-hybridized carbons (Fsp3) is 0.400. The summed E-state index contributed by atoms with van der Waals surface area (Å²) >= 11 is 0. The van der Waals surface area contributed by atoms with Crippen LogP contribution in [0.15, 0.2) is 53.4 Å². The molecule has 1 saturated carbocycles. The minimum Gasteiger partial charge on any atom is -0.497 e. The van der Waals surface area contributed by atoms with Gasteiger partial charge in [0.05, 0.1) is 17.7 Å². The molecule has 1 heterocycles. The number of imidazole rings is 1. The van der Waals surface area contributed by atoms with E-state index in [0.717, 1.165) is 55.8 Å². The van der Waals surface area contributed by atoms with E-state index in [0.29, 0.717) is 23.3 Å². The maximum Gasteiger partial charge on any atom is 0.240 e. The van der Waals surface area contributed by atoms with Gasteiger partial charge in [0.1, 0.15) is 11.6 Å². The Morgan fingerprint density at radius 2 is 1.84 bits per heavy atom. The van der Waals surface area contributed by atoms with Crippen molar-refractivity contribution < 1.29 is 13.2 Å². The normalized spacial score (nSPS) is 20.4. The number of H-pyrrole nitrogens is 1. The molecule has 32 heavy (non-hydrogen) atoms. The fourth-order valence-corrected chi connectivity index (χ4v) is 6.10. The molecule has 0 unspecified atom stereocenters. The molecule has 7 heteroatoms. The lowest BCUT2D eigenvalue weighted by Gasteiger charge is -2.27. The third-order valence-electron chi connectivity index (χ3n) is 6.86. The van der Waals surface area contributed by atoms with Gasteiger partial charge in [0.25, 0.3) is 0 Å². The number of hydrogen-bond acceptors (Lipinski definition) is 4. The lowest BCUT2D eigenvalue weighted by atomic mass is 9.82. The fourth-order valence-electron chi connectivity index (χ4n) is 4.96. The van der Waals surface area contributed by atoms with Gasteiger partial charge in [-0.3, -0.25) is 0 Å². The van der Waals surface area contributed by atoms with Crippen molar-refractivity contribution >= 4 is 10.0 Å². The van der Waals surface area contributed by atoms with Crippen LogP contribution in [0.5, 0.6) is 5.75 Å². The number of nitrogens with one attached hydrogen (secondary N) is 2. The molecule has 0 amide bonds. The number of methoxy groups -OCH3 is 1. The Balaban J connectivity index is 1.23. The largest absolute Gasteiger partial charge is 0.497 e. The molecule has 2 N–H and O–H groups in total. The molecule has 168 valence electrons. The number of aromatic nitrogens is 2. The first kappa shape index (κ1) is 21.2. The zero-order valence-electron chi connectivity index (χ0n) is 18.3. The second-order valence-corrected chi connectivity index (χ2v) is 10.6. The summed E-state index contributed by atoms with van der Waals surface area (Å²) in [6, 6.07) is 14.8. The quantitative estimate of drug-likeness (QED) is 0.580. The van der Waals surface area contributed by atoms with Crippen LogP contribution in [0.25, 0.3) is 11.3 Å². The lowest BCUT2D eigenvalue weighted by molar-refractivity contribution is 0.319. The number of rotatable bonds is 6. The van der Waals surface area contributed by atoms with Crippen LogP contribution in [0.1, 0.15) is 48.7 Å². The van der Waals surface area contributed by atoms with Crippen LogP contribution in [-0.4, -0.2) is 32.0 Å². The van der Waals surface area contributed by atoms with Crippen LogP contribution in [0.2, 0.25) is 0 Å². The van der Waals surface area contributed by atoms with Crippen LogP contribution in [-0.2, 0) is 22.9 Å². The van der Waals surface area contributed by atoms with E-state index in [9.17, 15) is 8.42 Å². The van der Waals surface area contributed by atoms with Gasteiger partial charge in [-0.25, -0.2) is 18.1 Å². The number of fused-ring (bicyclic) bond motifs is 3. The molecule has 5 rings (SSSR count). The number of benzene rings is 2. The Morgan fingerprint density at radius 3 is 2.59 bits per heavy atom. The van der Waals surface area contributed by atoms with Gasteiger partial charge in [0, 0.05) is 23.7 Å². The summed E-state index contributed by atoms with van der Waals surface area (Å²) in [4.78, 5) is 8.96. The van der Waals surface area contributed by atoms with Crippen LogP contribution >= 0.6 is 0 Å². The molecular weight excluding hydrogens is 422 g/mol. The van der Waals surface area contributed by atoms with E-state index in [1.165, 1.54) is 16.8 Å². The zero-order valence-corrected chi connectivity index (χ0v) is 19.1. The van der Waals surface area contributed by atoms with Crippen LogP contribution in [0, 0.1) is 5.92 Å². The highest BCUT2D eigenvalue weighted by molar-refractivity contribution is 7.89. The standard InChI is InChI=1S/C25H29N3O3S/c1-31-20-13-11-18-12-14-23-24(22(18)15-20)28-25(27-23)19-9-7-17(8-10-19)16-26-32(29,30)21-5-3-2-4-6-21/h2-6,11,13,15,17,19,26H,7-10,12,14,16H2,1H3,(H,27,28). The van der Waals surface area contributed by atoms with E-state index in [4.69, 9.17) is 9.72 Å². The molecule has 2 aromatic carbocycles. The van der Waals surface area contributed by atoms with E-state index in [2.05, 4.69) is 21.8 Å². The Hall–Kier alpha value is -2.64. The number of aryl methyl sites for hydroxylation is 2. The highest BCUT2D eigenvalue weighted by Crippen LogP contribution is 2.39. The highest BCUT2D eigenvalue weighted by Gasteiger charge is 2.28. The molecule has 3 aromatic rings. The van der Waals surface area contributed by atoms with Crippen molar-refractivity contribution in [3.8, 4) is 17.0 Å². The van der Waals surface area contributed by atoms with Crippen molar-refractivity contribution in [2.75, 3.05) is 13.7 Å². The molecule has 6 nitrogen and oxygen atoms in total. The highest BCUT2D eigenvalue weighted by atomic mass is 32.2. The van der Waals surface area contributed by atoms with E-state index in [1.807, 2.05) is 12.1 Å². The summed E-state index contributed by atoms with van der Waals surface area (Å²) in [6.45, 7) is 0.492. The third-order valence-corrected chi connectivity index (χ3v) is 8.30. The molecular formula is C25H29N3O3S. The topological polar surface area (TPSA) is 84.1 Å². The van der Waals surface area contributed by atoms with Crippen molar-refractivity contribution in [3.05, 3.63) is 65.6 Å². The average molecular weight is 452 g/mol. The number of hydrogen-bond donors (Lipinski definition) is 2. The van der Waals surface area contributed by atoms with E-state index < -0.39 is 10.0 Å². The SMILES string of the molecule is COc1ccc2c(c1)-c1nc(C3CCC(CNS(=O)(=O)c4ccccc4)CC3)[nH]c1CC2. The molecule has 2 aliphatic carbocycles. The van der Waals surface area contributed by atoms with Crippen LogP contribution in [0.3, 0.4) is 0 Å². The second kappa shape index (κ2) is 8.71. The Morgan fingerprint density at radius 1 is 1.06 bits per heavy atom. The first-order valence-corrected chi connectivity index (χ1v) is 12.8. The van der Waals surface area contributed by atoms with Gasteiger partial charge in [-0.2, -0.15) is 0 Å². The predicted molar refractivity (Wildman–Crippen MR) is 124 cm³/mol. The number of ether oxygens (including phenoxy) is 1. The summed E-state index contributed by atoms with van der Waals surface area (Å²) in [5.74, 6) is 2.70.